The van der Waals surface area contributed by atoms with Crippen molar-refractivity contribution >= 4 is 60.0 Å². The Labute approximate surface area is 194 Å². The molecule has 0 rings (SSSR count). The third-order valence-electron chi connectivity index (χ3n) is 4.09. The highest BCUT2D eigenvalue weighted by Gasteiger charge is 2.30. The average molecular weight is 496 g/mol. The van der Waals surface area contributed by atoms with Crippen LogP contribution < -0.4 is 27.4 Å². The maximum Gasteiger partial charge on any atom is 0.326 e. The van der Waals surface area contributed by atoms with Crippen molar-refractivity contribution in [3.05, 3.63) is 0 Å². The molecular formula is C17H29N5O8S2. The molecule has 0 heterocycles. The Morgan fingerprint density at radius 1 is 0.906 bits per heavy atom. The average Bonchev–Trinajstić information content (AvgIpc) is 2.71. The number of nitrogens with two attached hydrogens (primary N) is 2. The van der Waals surface area contributed by atoms with Crippen LogP contribution in [0.3, 0.4) is 0 Å². The number of aliphatic carboxylic acids is 2. The first-order valence-electron chi connectivity index (χ1n) is 9.42. The molecule has 4 atom stereocenters. The number of amides is 4. The van der Waals surface area contributed by atoms with Gasteiger partial charge in [0.05, 0.1) is 12.5 Å². The number of primary amides is 1. The summed E-state index contributed by atoms with van der Waals surface area (Å²) in [7, 11) is 0. The first-order valence-corrected chi connectivity index (χ1v) is 11.4. The molecule has 0 aromatic carbocycles. The second kappa shape index (κ2) is 15.3. The molecule has 0 aliphatic heterocycles. The Bertz CT molecular complexity index is 708. The number of thiol groups is 1. The fraction of sp³-hybridized carbons (Fsp3) is 0.647. The number of carbonyl (C=O) groups is 6. The number of rotatable bonds is 16. The molecule has 0 saturated heterocycles. The molecule has 15 heteroatoms. The molecule has 0 radical (unpaired) electrons. The lowest BCUT2D eigenvalue weighted by Crippen LogP contribution is -2.58. The summed E-state index contributed by atoms with van der Waals surface area (Å²) >= 11 is 5.38. The fourth-order valence-corrected chi connectivity index (χ4v) is 3.06. The van der Waals surface area contributed by atoms with Gasteiger partial charge in [0.2, 0.25) is 23.6 Å². The third kappa shape index (κ3) is 11.8. The molecule has 182 valence electrons. The van der Waals surface area contributed by atoms with Gasteiger partial charge in [0.15, 0.2) is 0 Å². The fourth-order valence-electron chi connectivity index (χ4n) is 2.33. The quantitative estimate of drug-likeness (QED) is 0.103. The third-order valence-corrected chi connectivity index (χ3v) is 5.09. The van der Waals surface area contributed by atoms with Crippen molar-refractivity contribution in [2.24, 2.45) is 11.5 Å². The van der Waals surface area contributed by atoms with Crippen molar-refractivity contribution < 1.29 is 39.0 Å². The lowest BCUT2D eigenvalue weighted by atomic mass is 10.1. The Hall–Kier alpha value is -2.52. The van der Waals surface area contributed by atoms with Crippen molar-refractivity contribution in [1.82, 2.24) is 16.0 Å². The van der Waals surface area contributed by atoms with E-state index in [4.69, 9.17) is 21.7 Å². The molecule has 0 fully saturated rings. The van der Waals surface area contributed by atoms with E-state index in [-0.39, 0.29) is 25.0 Å². The van der Waals surface area contributed by atoms with Crippen molar-refractivity contribution in [2.45, 2.75) is 49.9 Å². The highest BCUT2D eigenvalue weighted by Crippen LogP contribution is 2.04. The maximum absolute atomic E-state index is 12.6. The van der Waals surface area contributed by atoms with Gasteiger partial charge in [-0.25, -0.2) is 4.79 Å². The molecule has 4 unspecified atom stereocenters. The van der Waals surface area contributed by atoms with Crippen LogP contribution >= 0.6 is 24.4 Å². The summed E-state index contributed by atoms with van der Waals surface area (Å²) in [5.41, 5.74) is 10.6. The molecular weight excluding hydrogens is 466 g/mol. The number of carboxylic acids is 2. The van der Waals surface area contributed by atoms with E-state index >= 15 is 0 Å². The zero-order valence-corrected chi connectivity index (χ0v) is 19.1. The Morgan fingerprint density at radius 3 is 1.91 bits per heavy atom. The second-order valence-electron chi connectivity index (χ2n) is 6.70. The minimum Gasteiger partial charge on any atom is -0.481 e. The molecule has 0 spiro atoms. The molecule has 32 heavy (non-hydrogen) atoms. The van der Waals surface area contributed by atoms with Crippen molar-refractivity contribution in [1.29, 1.82) is 0 Å². The summed E-state index contributed by atoms with van der Waals surface area (Å²) in [4.78, 5) is 70.1. The summed E-state index contributed by atoms with van der Waals surface area (Å²) in [6.07, 6.45) is 0.788. The Morgan fingerprint density at radius 2 is 1.44 bits per heavy atom. The first-order chi connectivity index (χ1) is 14.9. The molecule has 0 aromatic heterocycles. The standard InChI is InChI=1S/C17H29N5O8S2/c1-32-5-4-9(15(27)21-10(17(29)30)6-12(19)23)20-16(28)11(7-31)22-14(26)8(18)2-3-13(24)25/h8-11,31H,2-7,18H2,1H3,(H2,19,23)(H,20,28)(H,21,27)(H,22,26)(H,24,25)(H,29,30). The minimum absolute atomic E-state index is 0.132. The lowest BCUT2D eigenvalue weighted by molar-refractivity contribution is -0.143. The Balaban J connectivity index is 5.20. The summed E-state index contributed by atoms with van der Waals surface area (Å²) in [5, 5.41) is 24.7. The second-order valence-corrected chi connectivity index (χ2v) is 8.05. The highest BCUT2D eigenvalue weighted by molar-refractivity contribution is 7.98. The van der Waals surface area contributed by atoms with Crippen LogP contribution in [0.25, 0.3) is 0 Å². The number of hydrogen-bond donors (Lipinski definition) is 8. The minimum atomic E-state index is -1.57. The van der Waals surface area contributed by atoms with Crippen LogP contribution in [0.1, 0.15) is 25.7 Å². The number of hydrogen-bond acceptors (Lipinski definition) is 9. The van der Waals surface area contributed by atoms with E-state index in [9.17, 15) is 28.8 Å². The van der Waals surface area contributed by atoms with Crippen molar-refractivity contribution in [3.63, 3.8) is 0 Å². The van der Waals surface area contributed by atoms with Gasteiger partial charge in [-0.2, -0.15) is 24.4 Å². The largest absolute Gasteiger partial charge is 0.481 e. The molecule has 0 bridgehead atoms. The number of thioether (sulfide) groups is 1. The van der Waals surface area contributed by atoms with Gasteiger partial charge >= 0.3 is 11.9 Å². The number of carbonyl (C=O) groups excluding carboxylic acids is 4. The van der Waals surface area contributed by atoms with E-state index < -0.39 is 66.2 Å². The van der Waals surface area contributed by atoms with Gasteiger partial charge in [0.25, 0.3) is 0 Å². The van der Waals surface area contributed by atoms with Crippen LogP contribution in [0.5, 0.6) is 0 Å². The van der Waals surface area contributed by atoms with E-state index in [1.165, 1.54) is 11.8 Å². The maximum atomic E-state index is 12.6. The molecule has 0 aromatic rings. The SMILES string of the molecule is CSCCC(NC(=O)C(CS)NC(=O)C(N)CCC(=O)O)C(=O)NC(CC(N)=O)C(=O)O. The first kappa shape index (κ1) is 29.5. The van der Waals surface area contributed by atoms with Crippen LogP contribution in [-0.4, -0.2) is 87.7 Å². The van der Waals surface area contributed by atoms with Gasteiger partial charge < -0.3 is 37.6 Å². The summed E-state index contributed by atoms with van der Waals surface area (Å²) < 4.78 is 0. The van der Waals surface area contributed by atoms with E-state index in [1.807, 2.05) is 0 Å². The van der Waals surface area contributed by atoms with Crippen molar-refractivity contribution in [3.8, 4) is 0 Å². The van der Waals surface area contributed by atoms with E-state index in [2.05, 4.69) is 28.6 Å². The van der Waals surface area contributed by atoms with E-state index in [0.717, 1.165) is 0 Å². The monoisotopic (exact) mass is 495 g/mol. The zero-order valence-electron chi connectivity index (χ0n) is 17.4. The van der Waals surface area contributed by atoms with E-state index in [1.54, 1.807) is 6.26 Å². The van der Waals surface area contributed by atoms with Crippen LogP contribution in [0.15, 0.2) is 0 Å². The van der Waals surface area contributed by atoms with Gasteiger partial charge in [-0.1, -0.05) is 0 Å². The van der Waals surface area contributed by atoms with Crippen LogP contribution in [-0.2, 0) is 28.8 Å². The van der Waals surface area contributed by atoms with Crippen molar-refractivity contribution in [2.75, 3.05) is 17.8 Å². The Kier molecular flexibility index (Phi) is 14.1. The van der Waals surface area contributed by atoms with Gasteiger partial charge in [-0.05, 0) is 24.9 Å². The predicted molar refractivity (Wildman–Crippen MR) is 119 cm³/mol. The molecule has 13 nitrogen and oxygen atoms in total. The molecule has 0 aliphatic rings. The number of nitrogens with one attached hydrogen (secondary N) is 3. The van der Waals surface area contributed by atoms with Gasteiger partial charge in [0.1, 0.15) is 18.1 Å². The lowest BCUT2D eigenvalue weighted by Gasteiger charge is -2.24. The van der Waals surface area contributed by atoms with Crippen LogP contribution in [0.4, 0.5) is 0 Å². The van der Waals surface area contributed by atoms with Gasteiger partial charge in [0, 0.05) is 12.2 Å². The topological polar surface area (TPSA) is 231 Å². The summed E-state index contributed by atoms with van der Waals surface area (Å²) in [6.45, 7) is 0. The van der Waals surface area contributed by atoms with E-state index in [0.29, 0.717) is 5.75 Å². The highest BCUT2D eigenvalue weighted by atomic mass is 32.2. The predicted octanol–water partition coefficient (Wildman–Crippen LogP) is -2.72. The normalized spacial score (nSPS) is 14.3. The molecule has 0 saturated carbocycles. The number of carboxylic acid groups (broad SMARTS) is 2. The molecule has 0 aliphatic carbocycles. The summed E-state index contributed by atoms with van der Waals surface area (Å²) in [6, 6.07) is -5.08. The van der Waals surface area contributed by atoms with Crippen LogP contribution in [0.2, 0.25) is 0 Å². The smallest absolute Gasteiger partial charge is 0.326 e. The van der Waals surface area contributed by atoms with Crippen LogP contribution in [0, 0.1) is 0 Å². The summed E-state index contributed by atoms with van der Waals surface area (Å²) in [5.74, 6) is -5.63. The zero-order chi connectivity index (χ0) is 24.8. The van der Waals surface area contributed by atoms with Gasteiger partial charge in [-0.15, -0.1) is 0 Å². The molecule has 9 N–H and O–H groups in total. The molecule has 4 amide bonds. The van der Waals surface area contributed by atoms with Gasteiger partial charge in [-0.3, -0.25) is 24.0 Å².